The Labute approximate surface area is 193 Å². The lowest BCUT2D eigenvalue weighted by atomic mass is 10.2. The summed E-state index contributed by atoms with van der Waals surface area (Å²) in [6, 6.07) is 13.5. The van der Waals surface area contributed by atoms with E-state index in [1.807, 2.05) is 0 Å². The topological polar surface area (TPSA) is 105 Å². The Morgan fingerprint density at radius 1 is 1.12 bits per heavy atom. The van der Waals surface area contributed by atoms with Crippen molar-refractivity contribution in [1.82, 2.24) is 15.5 Å². The molecule has 1 fully saturated rings. The van der Waals surface area contributed by atoms with Gasteiger partial charge >= 0.3 is 0 Å². The Morgan fingerprint density at radius 2 is 1.91 bits per heavy atom. The van der Waals surface area contributed by atoms with Crippen molar-refractivity contribution in [2.24, 2.45) is 0 Å². The predicted octanol–water partition coefficient (Wildman–Crippen LogP) is 2.93. The van der Waals surface area contributed by atoms with E-state index in [0.717, 1.165) is 16.7 Å². The number of imide groups is 1. The number of amides is 4. The van der Waals surface area contributed by atoms with Gasteiger partial charge in [-0.2, -0.15) is 0 Å². The third-order valence-electron chi connectivity index (χ3n) is 4.46. The van der Waals surface area contributed by atoms with Gasteiger partial charge in [0.2, 0.25) is 5.91 Å². The molecule has 166 valence electrons. The van der Waals surface area contributed by atoms with Gasteiger partial charge in [-0.3, -0.25) is 24.1 Å². The van der Waals surface area contributed by atoms with Crippen molar-refractivity contribution in [2.45, 2.75) is 0 Å². The molecule has 0 saturated carbocycles. The van der Waals surface area contributed by atoms with Gasteiger partial charge in [-0.05, 0) is 47.7 Å². The van der Waals surface area contributed by atoms with Crippen LogP contribution in [-0.2, 0) is 9.59 Å². The molecule has 0 bridgehead atoms. The van der Waals surface area contributed by atoms with E-state index in [4.69, 9.17) is 16.3 Å². The van der Waals surface area contributed by atoms with Crippen LogP contribution in [0.3, 0.4) is 0 Å². The zero-order chi connectivity index (χ0) is 23.1. The maximum absolute atomic E-state index is 12.5. The summed E-state index contributed by atoms with van der Waals surface area (Å²) in [5.41, 5.74) is 1.00. The number of thioether (sulfide) groups is 1. The van der Waals surface area contributed by atoms with Crippen molar-refractivity contribution >= 4 is 52.4 Å². The van der Waals surface area contributed by atoms with Gasteiger partial charge in [-0.15, -0.1) is 0 Å². The van der Waals surface area contributed by atoms with Crippen LogP contribution in [0.15, 0.2) is 53.4 Å². The molecule has 10 heteroatoms. The van der Waals surface area contributed by atoms with E-state index in [1.54, 1.807) is 54.6 Å². The summed E-state index contributed by atoms with van der Waals surface area (Å²) in [6.45, 7) is -0.171. The number of rotatable bonds is 8. The monoisotopic (exact) mass is 473 g/mol. The fraction of sp³-hybridized carbons (Fsp3) is 0.182. The van der Waals surface area contributed by atoms with E-state index in [0.29, 0.717) is 21.9 Å². The first-order valence-corrected chi connectivity index (χ1v) is 10.8. The smallest absolute Gasteiger partial charge is 0.293 e. The van der Waals surface area contributed by atoms with E-state index in [9.17, 15) is 19.2 Å². The molecule has 0 aliphatic carbocycles. The van der Waals surface area contributed by atoms with Gasteiger partial charge in [0.25, 0.3) is 17.1 Å². The van der Waals surface area contributed by atoms with Gasteiger partial charge in [0.1, 0.15) is 5.75 Å². The van der Waals surface area contributed by atoms with Crippen LogP contribution in [-0.4, -0.2) is 54.6 Å². The molecule has 0 aromatic heterocycles. The molecule has 2 N–H and O–H groups in total. The van der Waals surface area contributed by atoms with Crippen LogP contribution in [0.25, 0.3) is 6.08 Å². The van der Waals surface area contributed by atoms with Gasteiger partial charge in [-0.1, -0.05) is 35.9 Å². The van der Waals surface area contributed by atoms with Gasteiger partial charge in [-0.25, -0.2) is 0 Å². The largest absolute Gasteiger partial charge is 0.497 e. The number of halogens is 1. The second-order valence-electron chi connectivity index (χ2n) is 6.62. The highest BCUT2D eigenvalue weighted by Crippen LogP contribution is 2.33. The molecule has 2 aromatic carbocycles. The molecule has 32 heavy (non-hydrogen) atoms. The third kappa shape index (κ3) is 5.89. The fourth-order valence-corrected chi connectivity index (χ4v) is 3.87. The maximum Gasteiger partial charge on any atom is 0.293 e. The first-order chi connectivity index (χ1) is 15.4. The first kappa shape index (κ1) is 23.4. The summed E-state index contributed by atoms with van der Waals surface area (Å²) < 4.78 is 5.07. The minimum atomic E-state index is -0.445. The molecule has 0 unspecified atom stereocenters. The van der Waals surface area contributed by atoms with E-state index in [-0.39, 0.29) is 24.5 Å². The maximum atomic E-state index is 12.5. The van der Waals surface area contributed by atoms with Crippen molar-refractivity contribution in [2.75, 3.05) is 26.7 Å². The Balaban J connectivity index is 1.47. The number of ether oxygens (including phenoxy) is 1. The summed E-state index contributed by atoms with van der Waals surface area (Å²) in [5.74, 6) is -0.780. The number of nitrogens with one attached hydrogen (secondary N) is 2. The lowest BCUT2D eigenvalue weighted by Gasteiger charge is -2.13. The highest BCUT2D eigenvalue weighted by molar-refractivity contribution is 8.18. The Bertz CT molecular complexity index is 1090. The molecule has 2 aromatic rings. The average molecular weight is 474 g/mol. The van der Waals surface area contributed by atoms with Crippen LogP contribution < -0.4 is 15.4 Å². The van der Waals surface area contributed by atoms with Crippen LogP contribution in [0.5, 0.6) is 5.75 Å². The summed E-state index contributed by atoms with van der Waals surface area (Å²) in [7, 11) is 1.49. The number of carbonyl (C=O) groups is 4. The molecule has 1 saturated heterocycles. The quantitative estimate of drug-likeness (QED) is 0.571. The summed E-state index contributed by atoms with van der Waals surface area (Å²) in [6.07, 6.45) is 1.57. The number of benzene rings is 2. The molecule has 1 heterocycles. The molecule has 8 nitrogen and oxygen atoms in total. The van der Waals surface area contributed by atoms with Crippen LogP contribution in [0, 0.1) is 0 Å². The van der Waals surface area contributed by atoms with Gasteiger partial charge < -0.3 is 15.4 Å². The van der Waals surface area contributed by atoms with Crippen LogP contribution >= 0.6 is 23.4 Å². The van der Waals surface area contributed by atoms with Crippen LogP contribution in [0.1, 0.15) is 15.9 Å². The Hall–Kier alpha value is -3.30. The van der Waals surface area contributed by atoms with E-state index in [2.05, 4.69) is 10.6 Å². The van der Waals surface area contributed by atoms with Crippen molar-refractivity contribution < 1.29 is 23.9 Å². The van der Waals surface area contributed by atoms with Crippen molar-refractivity contribution in [1.29, 1.82) is 0 Å². The second-order valence-corrected chi connectivity index (χ2v) is 8.02. The van der Waals surface area contributed by atoms with Crippen LogP contribution in [0.4, 0.5) is 4.79 Å². The van der Waals surface area contributed by atoms with E-state index >= 15 is 0 Å². The number of nitrogens with zero attached hydrogens (tertiary/aromatic N) is 1. The summed E-state index contributed by atoms with van der Waals surface area (Å²) in [4.78, 5) is 50.2. The van der Waals surface area contributed by atoms with Crippen molar-refractivity contribution in [3.05, 3.63) is 69.6 Å². The highest BCUT2D eigenvalue weighted by atomic mass is 35.5. The normalized spacial score (nSPS) is 14.6. The van der Waals surface area contributed by atoms with E-state index < -0.39 is 23.0 Å². The number of methoxy groups -OCH3 is 1. The molecular formula is C22H20ClN3O5S. The molecule has 1 aliphatic rings. The third-order valence-corrected chi connectivity index (χ3v) is 5.72. The minimum absolute atomic E-state index is 0.0140. The van der Waals surface area contributed by atoms with Crippen molar-refractivity contribution in [3.8, 4) is 5.75 Å². The second kappa shape index (κ2) is 10.8. The lowest BCUT2D eigenvalue weighted by Crippen LogP contribution is -2.41. The first-order valence-electron chi connectivity index (χ1n) is 9.58. The van der Waals surface area contributed by atoms with Crippen molar-refractivity contribution in [3.63, 3.8) is 0 Å². The molecule has 0 spiro atoms. The molecular weight excluding hydrogens is 454 g/mol. The van der Waals surface area contributed by atoms with E-state index in [1.165, 1.54) is 7.11 Å². The lowest BCUT2D eigenvalue weighted by molar-refractivity contribution is -0.124. The van der Waals surface area contributed by atoms with Gasteiger partial charge in [0.05, 0.1) is 18.6 Å². The van der Waals surface area contributed by atoms with Crippen LogP contribution in [0.2, 0.25) is 5.02 Å². The molecule has 4 amide bonds. The number of hydrogen-bond acceptors (Lipinski definition) is 6. The fourth-order valence-electron chi connectivity index (χ4n) is 2.82. The summed E-state index contributed by atoms with van der Waals surface area (Å²) in [5, 5.41) is 5.14. The Morgan fingerprint density at radius 3 is 2.66 bits per heavy atom. The zero-order valence-corrected chi connectivity index (χ0v) is 18.7. The molecule has 0 radical (unpaired) electrons. The predicted molar refractivity (Wildman–Crippen MR) is 122 cm³/mol. The number of hydrogen-bond donors (Lipinski definition) is 2. The molecule has 0 atom stereocenters. The van der Waals surface area contributed by atoms with Gasteiger partial charge in [0.15, 0.2) is 0 Å². The highest BCUT2D eigenvalue weighted by Gasteiger charge is 2.34. The standard InChI is InChI=1S/C22H20ClN3O5S/c1-31-16-7-4-6-15(11-16)20(28)25-13-19(27)24-9-10-26-21(29)18(32-22(26)30)12-14-5-2-3-8-17(14)23/h2-8,11-12H,9-10,13H2,1H3,(H,24,27)(H,25,28)/b18-12-. The SMILES string of the molecule is COc1cccc(C(=O)NCC(=O)NCCN2C(=O)S/C(=C\c3ccccc3Cl)C2=O)c1. The molecule has 3 rings (SSSR count). The minimum Gasteiger partial charge on any atom is -0.497 e. The molecule has 1 aliphatic heterocycles. The number of carbonyl (C=O) groups excluding carboxylic acids is 4. The average Bonchev–Trinajstić information content (AvgIpc) is 3.06. The zero-order valence-electron chi connectivity index (χ0n) is 17.1. The Kier molecular flexibility index (Phi) is 7.91. The summed E-state index contributed by atoms with van der Waals surface area (Å²) >= 11 is 6.92. The van der Waals surface area contributed by atoms with Gasteiger partial charge in [0, 0.05) is 23.7 Å².